The maximum Gasteiger partial charge on any atom is 0.258 e. The fourth-order valence-electron chi connectivity index (χ4n) is 4.13. The average Bonchev–Trinajstić information content (AvgIpc) is 3.29. The smallest absolute Gasteiger partial charge is 0.258 e. The monoisotopic (exact) mass is 395 g/mol. The summed E-state index contributed by atoms with van der Waals surface area (Å²) in [6.07, 6.45) is 5.48. The van der Waals surface area contributed by atoms with Crippen molar-refractivity contribution in [2.75, 3.05) is 36.4 Å². The van der Waals surface area contributed by atoms with Crippen molar-refractivity contribution >= 4 is 23.2 Å². The number of anilines is 2. The Morgan fingerprint density at radius 3 is 2.24 bits per heavy atom. The van der Waals surface area contributed by atoms with E-state index in [1.165, 1.54) is 18.6 Å². The van der Waals surface area contributed by atoms with Gasteiger partial charge in [0.15, 0.2) is 0 Å². The zero-order valence-electron chi connectivity index (χ0n) is 16.5. The lowest BCUT2D eigenvalue weighted by Crippen LogP contribution is -2.34. The third-order valence-corrected chi connectivity index (χ3v) is 5.69. The van der Waals surface area contributed by atoms with Crippen LogP contribution in [0.25, 0.3) is 0 Å². The molecule has 0 aliphatic carbocycles. The van der Waals surface area contributed by atoms with Crippen LogP contribution in [0, 0.1) is 5.82 Å². The number of hydrogen-bond acceptors (Lipinski definition) is 3. The number of amides is 2. The predicted molar refractivity (Wildman–Crippen MR) is 112 cm³/mol. The second-order valence-corrected chi connectivity index (χ2v) is 7.71. The van der Waals surface area contributed by atoms with Crippen LogP contribution in [0.1, 0.15) is 52.8 Å². The number of rotatable bonds is 4. The lowest BCUT2D eigenvalue weighted by Gasteiger charge is -2.31. The van der Waals surface area contributed by atoms with Gasteiger partial charge >= 0.3 is 0 Å². The summed E-state index contributed by atoms with van der Waals surface area (Å²) in [5.74, 6) is -1.08. The molecule has 0 saturated carbocycles. The van der Waals surface area contributed by atoms with Gasteiger partial charge in [-0.25, -0.2) is 4.39 Å². The Kier molecular flexibility index (Phi) is 5.79. The lowest BCUT2D eigenvalue weighted by atomic mass is 10.0. The molecule has 1 N–H and O–H groups in total. The van der Waals surface area contributed by atoms with Crippen LogP contribution in [0.15, 0.2) is 42.5 Å². The molecule has 29 heavy (non-hydrogen) atoms. The van der Waals surface area contributed by atoms with Gasteiger partial charge in [0.2, 0.25) is 0 Å². The first-order valence-corrected chi connectivity index (χ1v) is 10.4. The molecule has 2 aliphatic rings. The van der Waals surface area contributed by atoms with E-state index in [0.717, 1.165) is 57.5 Å². The number of likely N-dealkylation sites (tertiary alicyclic amines) is 1. The molecule has 2 aromatic rings. The first kappa shape index (κ1) is 19.4. The van der Waals surface area contributed by atoms with E-state index in [9.17, 15) is 14.0 Å². The lowest BCUT2D eigenvalue weighted by molar-refractivity contribution is 0.0793. The van der Waals surface area contributed by atoms with Gasteiger partial charge in [-0.15, -0.1) is 0 Å². The highest BCUT2D eigenvalue weighted by Gasteiger charge is 2.25. The Balaban J connectivity index is 1.63. The van der Waals surface area contributed by atoms with Gasteiger partial charge in [-0.1, -0.05) is 12.1 Å². The summed E-state index contributed by atoms with van der Waals surface area (Å²) in [5.41, 5.74) is 2.02. The molecule has 0 spiro atoms. The van der Waals surface area contributed by atoms with Crippen molar-refractivity contribution in [2.45, 2.75) is 32.1 Å². The molecule has 0 unspecified atom stereocenters. The summed E-state index contributed by atoms with van der Waals surface area (Å²) >= 11 is 0. The average molecular weight is 395 g/mol. The summed E-state index contributed by atoms with van der Waals surface area (Å²) in [6.45, 7) is 3.40. The number of carbonyl (C=O) groups excluding carboxylic acids is 2. The van der Waals surface area contributed by atoms with Crippen molar-refractivity contribution in [1.82, 2.24) is 4.90 Å². The molecule has 2 heterocycles. The molecule has 6 heteroatoms. The zero-order valence-corrected chi connectivity index (χ0v) is 16.5. The van der Waals surface area contributed by atoms with E-state index in [-0.39, 0.29) is 11.5 Å². The van der Waals surface area contributed by atoms with Crippen LogP contribution in [0.3, 0.4) is 0 Å². The van der Waals surface area contributed by atoms with Crippen molar-refractivity contribution in [3.05, 3.63) is 59.4 Å². The molecule has 0 aromatic heterocycles. The molecule has 152 valence electrons. The molecule has 2 amide bonds. The number of nitrogens with one attached hydrogen (secondary N) is 1. The minimum Gasteiger partial charge on any atom is -0.371 e. The molecule has 4 rings (SSSR count). The van der Waals surface area contributed by atoms with Crippen LogP contribution >= 0.6 is 0 Å². The number of benzene rings is 2. The number of carbonyl (C=O) groups is 2. The standard InChI is InChI=1S/C23H26FN3O2/c24-20-9-3-2-8-18(20)22(28)25-17-10-11-21(26-12-4-1-5-13-26)19(16-17)23(29)27-14-6-7-15-27/h2-3,8-11,16H,1,4-7,12-15H2,(H,25,28). The van der Waals surface area contributed by atoms with Crippen molar-refractivity contribution in [3.8, 4) is 0 Å². The molecule has 0 bridgehead atoms. The Hall–Kier alpha value is -2.89. The highest BCUT2D eigenvalue weighted by atomic mass is 19.1. The molecule has 5 nitrogen and oxygen atoms in total. The Bertz CT molecular complexity index is 903. The van der Waals surface area contributed by atoms with Gasteiger partial charge in [-0.2, -0.15) is 0 Å². The fourth-order valence-corrected chi connectivity index (χ4v) is 4.13. The van der Waals surface area contributed by atoms with Crippen molar-refractivity contribution in [3.63, 3.8) is 0 Å². The van der Waals surface area contributed by atoms with Crippen LogP contribution in [0.2, 0.25) is 0 Å². The molecular formula is C23H26FN3O2. The molecule has 2 aromatic carbocycles. The van der Waals surface area contributed by atoms with Crippen LogP contribution < -0.4 is 10.2 Å². The zero-order chi connectivity index (χ0) is 20.2. The third-order valence-electron chi connectivity index (χ3n) is 5.69. The quantitative estimate of drug-likeness (QED) is 0.840. The third kappa shape index (κ3) is 4.26. The Morgan fingerprint density at radius 1 is 0.828 bits per heavy atom. The van der Waals surface area contributed by atoms with Crippen LogP contribution in [0.5, 0.6) is 0 Å². The van der Waals surface area contributed by atoms with Crippen LogP contribution in [-0.4, -0.2) is 42.9 Å². The summed E-state index contributed by atoms with van der Waals surface area (Å²) in [7, 11) is 0. The molecule has 2 aliphatic heterocycles. The number of piperidine rings is 1. The van der Waals surface area contributed by atoms with Crippen molar-refractivity contribution in [2.24, 2.45) is 0 Å². The second-order valence-electron chi connectivity index (χ2n) is 7.71. The fraction of sp³-hybridized carbons (Fsp3) is 0.391. The maximum absolute atomic E-state index is 13.9. The van der Waals surface area contributed by atoms with E-state index in [1.807, 2.05) is 11.0 Å². The minimum absolute atomic E-state index is 0.00469. The van der Waals surface area contributed by atoms with E-state index in [1.54, 1.807) is 24.3 Å². The van der Waals surface area contributed by atoms with Gasteiger partial charge in [0, 0.05) is 37.6 Å². The summed E-state index contributed by atoms with van der Waals surface area (Å²) in [5, 5.41) is 2.75. The van der Waals surface area contributed by atoms with E-state index >= 15 is 0 Å². The molecule has 0 atom stereocenters. The van der Waals surface area contributed by atoms with Gasteiger partial charge < -0.3 is 15.1 Å². The largest absolute Gasteiger partial charge is 0.371 e. The van der Waals surface area contributed by atoms with Crippen LogP contribution in [-0.2, 0) is 0 Å². The Labute approximate surface area is 170 Å². The van der Waals surface area contributed by atoms with E-state index in [0.29, 0.717) is 11.3 Å². The highest BCUT2D eigenvalue weighted by Crippen LogP contribution is 2.29. The van der Waals surface area contributed by atoms with Crippen molar-refractivity contribution in [1.29, 1.82) is 0 Å². The number of hydrogen-bond donors (Lipinski definition) is 1. The highest BCUT2D eigenvalue weighted by molar-refractivity contribution is 6.06. The minimum atomic E-state index is -0.566. The SMILES string of the molecule is O=C(Nc1ccc(N2CCCCC2)c(C(=O)N2CCCC2)c1)c1ccccc1F. The summed E-state index contributed by atoms with van der Waals surface area (Å²) < 4.78 is 13.9. The molecular weight excluding hydrogens is 369 g/mol. The van der Waals surface area contributed by atoms with E-state index < -0.39 is 11.7 Å². The molecule has 2 saturated heterocycles. The first-order chi connectivity index (χ1) is 14.1. The van der Waals surface area contributed by atoms with Gasteiger partial charge in [-0.3, -0.25) is 9.59 Å². The summed E-state index contributed by atoms with van der Waals surface area (Å²) in [6, 6.07) is 11.3. The normalized spacial score (nSPS) is 16.7. The van der Waals surface area contributed by atoms with Gasteiger partial charge in [0.25, 0.3) is 11.8 Å². The summed E-state index contributed by atoms with van der Waals surface area (Å²) in [4.78, 5) is 29.8. The molecule has 2 fully saturated rings. The Morgan fingerprint density at radius 2 is 1.52 bits per heavy atom. The first-order valence-electron chi connectivity index (χ1n) is 10.4. The van der Waals surface area contributed by atoms with Gasteiger partial charge in [0.05, 0.1) is 11.1 Å². The van der Waals surface area contributed by atoms with Crippen LogP contribution in [0.4, 0.5) is 15.8 Å². The molecule has 0 radical (unpaired) electrons. The van der Waals surface area contributed by atoms with Gasteiger partial charge in [-0.05, 0) is 62.4 Å². The number of nitrogens with zero attached hydrogens (tertiary/aromatic N) is 2. The van der Waals surface area contributed by atoms with Gasteiger partial charge in [0.1, 0.15) is 5.82 Å². The van der Waals surface area contributed by atoms with Crippen molar-refractivity contribution < 1.29 is 14.0 Å². The van der Waals surface area contributed by atoms with E-state index in [4.69, 9.17) is 0 Å². The second kappa shape index (κ2) is 8.64. The maximum atomic E-state index is 13.9. The predicted octanol–water partition coefficient (Wildman–Crippen LogP) is 4.30. The van der Waals surface area contributed by atoms with E-state index in [2.05, 4.69) is 10.2 Å². The number of halogens is 1. The topological polar surface area (TPSA) is 52.7 Å².